The Morgan fingerprint density at radius 1 is 1.27 bits per heavy atom. The number of anilines is 1. The van der Waals surface area contributed by atoms with Crippen LogP contribution in [-0.4, -0.2) is 29.6 Å². The average molecular weight is 230 g/mol. The smallest absolute Gasteiger partial charge is 0.223 e. The molecule has 0 atom stereocenters. The molecule has 84 valence electrons. The fraction of sp³-hybridized carbons (Fsp3) is 0.625. The number of hydrogen-bond donors (Lipinski definition) is 1. The largest absolute Gasteiger partial charge is 0.368 e. The van der Waals surface area contributed by atoms with E-state index in [2.05, 4.69) is 15.0 Å². The summed E-state index contributed by atoms with van der Waals surface area (Å²) in [5.74, 6) is 0.662. The number of aromatic nitrogens is 3. The standard InChI is InChI=1S/C8H14N4O2S/c1-5(2)7-10-6(4-15(3,13)14)11-8(9)12-7/h5H,4H2,1-3H3,(H2,9,10,11,12). The van der Waals surface area contributed by atoms with Gasteiger partial charge >= 0.3 is 0 Å². The molecule has 1 heterocycles. The van der Waals surface area contributed by atoms with Crippen molar-refractivity contribution in [3.63, 3.8) is 0 Å². The summed E-state index contributed by atoms with van der Waals surface area (Å²) in [7, 11) is -3.14. The highest BCUT2D eigenvalue weighted by atomic mass is 32.2. The van der Waals surface area contributed by atoms with Gasteiger partial charge in [-0.05, 0) is 0 Å². The van der Waals surface area contributed by atoms with Crippen molar-refractivity contribution in [2.45, 2.75) is 25.5 Å². The zero-order chi connectivity index (χ0) is 11.6. The molecule has 0 bridgehead atoms. The van der Waals surface area contributed by atoms with E-state index in [1.807, 2.05) is 13.8 Å². The van der Waals surface area contributed by atoms with Crippen LogP contribution < -0.4 is 5.73 Å². The van der Waals surface area contributed by atoms with E-state index in [4.69, 9.17) is 5.73 Å². The average Bonchev–Trinajstić information content (AvgIpc) is 1.99. The van der Waals surface area contributed by atoms with E-state index >= 15 is 0 Å². The predicted molar refractivity (Wildman–Crippen MR) is 56.9 cm³/mol. The summed E-state index contributed by atoms with van der Waals surface area (Å²) >= 11 is 0. The molecule has 0 unspecified atom stereocenters. The molecule has 0 radical (unpaired) electrons. The Labute approximate surface area is 88.9 Å². The monoisotopic (exact) mass is 230 g/mol. The van der Waals surface area contributed by atoms with Gasteiger partial charge in [-0.15, -0.1) is 0 Å². The number of hydrogen-bond acceptors (Lipinski definition) is 6. The SMILES string of the molecule is CC(C)c1nc(N)nc(CS(C)(=O)=O)n1. The maximum Gasteiger partial charge on any atom is 0.223 e. The van der Waals surface area contributed by atoms with Gasteiger partial charge in [-0.2, -0.15) is 9.97 Å². The number of rotatable bonds is 3. The quantitative estimate of drug-likeness (QED) is 0.792. The molecule has 1 rings (SSSR count). The van der Waals surface area contributed by atoms with Crippen LogP contribution in [0.2, 0.25) is 0 Å². The second-order valence-electron chi connectivity index (χ2n) is 3.69. The van der Waals surface area contributed by atoms with Crippen molar-refractivity contribution in [1.82, 2.24) is 15.0 Å². The molecule has 1 aromatic heterocycles. The van der Waals surface area contributed by atoms with Crippen LogP contribution in [0.1, 0.15) is 31.4 Å². The lowest BCUT2D eigenvalue weighted by Gasteiger charge is -2.06. The van der Waals surface area contributed by atoms with Gasteiger partial charge < -0.3 is 5.73 Å². The summed E-state index contributed by atoms with van der Waals surface area (Å²) in [6.45, 7) is 3.80. The van der Waals surface area contributed by atoms with E-state index in [0.29, 0.717) is 5.82 Å². The van der Waals surface area contributed by atoms with Crippen LogP contribution >= 0.6 is 0 Å². The summed E-state index contributed by atoms with van der Waals surface area (Å²) in [5.41, 5.74) is 5.46. The molecular weight excluding hydrogens is 216 g/mol. The van der Waals surface area contributed by atoms with E-state index in [-0.39, 0.29) is 23.4 Å². The van der Waals surface area contributed by atoms with Gasteiger partial charge in [0.05, 0.1) is 0 Å². The summed E-state index contributed by atoms with van der Waals surface area (Å²) in [4.78, 5) is 11.7. The van der Waals surface area contributed by atoms with E-state index in [1.165, 1.54) is 0 Å². The first-order valence-corrected chi connectivity index (χ1v) is 6.52. The molecule has 15 heavy (non-hydrogen) atoms. The van der Waals surface area contributed by atoms with Gasteiger partial charge in [0, 0.05) is 12.2 Å². The molecule has 1 aromatic rings. The normalized spacial score (nSPS) is 12.0. The topological polar surface area (TPSA) is 98.8 Å². The summed E-state index contributed by atoms with van der Waals surface area (Å²) < 4.78 is 22.1. The van der Waals surface area contributed by atoms with Crippen LogP contribution in [0.5, 0.6) is 0 Å². The highest BCUT2D eigenvalue weighted by Gasteiger charge is 2.12. The molecule has 6 nitrogen and oxygen atoms in total. The highest BCUT2D eigenvalue weighted by Crippen LogP contribution is 2.10. The van der Waals surface area contributed by atoms with E-state index in [0.717, 1.165) is 6.26 Å². The number of sulfone groups is 1. The van der Waals surface area contributed by atoms with Gasteiger partial charge in [0.1, 0.15) is 17.4 Å². The van der Waals surface area contributed by atoms with E-state index in [9.17, 15) is 8.42 Å². The van der Waals surface area contributed by atoms with Crippen LogP contribution in [0.25, 0.3) is 0 Å². The first-order valence-electron chi connectivity index (χ1n) is 4.46. The third-order valence-electron chi connectivity index (χ3n) is 1.62. The van der Waals surface area contributed by atoms with Gasteiger partial charge in [-0.25, -0.2) is 13.4 Å². The van der Waals surface area contributed by atoms with Crippen molar-refractivity contribution >= 4 is 15.8 Å². The Bertz CT molecular complexity index is 456. The molecule has 2 N–H and O–H groups in total. The molecule has 0 fully saturated rings. The van der Waals surface area contributed by atoms with Crippen molar-refractivity contribution in [3.05, 3.63) is 11.6 Å². The molecule has 0 spiro atoms. The third-order valence-corrected chi connectivity index (χ3v) is 2.41. The minimum absolute atomic E-state index is 0.0624. The molecule has 0 aliphatic heterocycles. The molecular formula is C8H14N4O2S. The predicted octanol–water partition coefficient (Wildman–Crippen LogP) is 0.122. The summed E-state index contributed by atoms with van der Waals surface area (Å²) in [5, 5.41) is 0. The van der Waals surface area contributed by atoms with Crippen LogP contribution in [0.3, 0.4) is 0 Å². The Morgan fingerprint density at radius 3 is 2.33 bits per heavy atom. The zero-order valence-electron chi connectivity index (χ0n) is 8.93. The van der Waals surface area contributed by atoms with Crippen LogP contribution in [-0.2, 0) is 15.6 Å². The molecule has 0 saturated carbocycles. The van der Waals surface area contributed by atoms with Crippen LogP contribution in [0, 0.1) is 0 Å². The van der Waals surface area contributed by atoms with Crippen molar-refractivity contribution in [1.29, 1.82) is 0 Å². The highest BCUT2D eigenvalue weighted by molar-refractivity contribution is 7.89. The van der Waals surface area contributed by atoms with Gasteiger partial charge in [0.2, 0.25) is 5.95 Å². The van der Waals surface area contributed by atoms with Crippen LogP contribution in [0.15, 0.2) is 0 Å². The maximum atomic E-state index is 11.1. The first-order chi connectivity index (χ1) is 6.78. The summed E-state index contributed by atoms with van der Waals surface area (Å²) in [6, 6.07) is 0. The second-order valence-corrected chi connectivity index (χ2v) is 5.83. The Balaban J connectivity index is 3.10. The number of nitrogens with zero attached hydrogens (tertiary/aromatic N) is 3. The Morgan fingerprint density at radius 2 is 1.87 bits per heavy atom. The number of nitrogen functional groups attached to an aromatic ring is 1. The Hall–Kier alpha value is -1.24. The minimum Gasteiger partial charge on any atom is -0.368 e. The molecule has 0 saturated heterocycles. The fourth-order valence-electron chi connectivity index (χ4n) is 1.01. The Kier molecular flexibility index (Phi) is 3.23. The lowest BCUT2D eigenvalue weighted by Crippen LogP contribution is -2.11. The van der Waals surface area contributed by atoms with Crippen molar-refractivity contribution in [3.8, 4) is 0 Å². The lowest BCUT2D eigenvalue weighted by atomic mass is 10.2. The van der Waals surface area contributed by atoms with Crippen LogP contribution in [0.4, 0.5) is 5.95 Å². The third kappa shape index (κ3) is 3.78. The minimum atomic E-state index is -3.14. The zero-order valence-corrected chi connectivity index (χ0v) is 9.74. The second kappa shape index (κ2) is 4.09. The van der Waals surface area contributed by atoms with Crippen molar-refractivity contribution in [2.75, 3.05) is 12.0 Å². The van der Waals surface area contributed by atoms with Gasteiger partial charge in [-0.1, -0.05) is 13.8 Å². The maximum absolute atomic E-state index is 11.1. The number of nitrogens with two attached hydrogens (primary N) is 1. The van der Waals surface area contributed by atoms with Gasteiger partial charge in [-0.3, -0.25) is 0 Å². The van der Waals surface area contributed by atoms with E-state index in [1.54, 1.807) is 0 Å². The van der Waals surface area contributed by atoms with Gasteiger partial charge in [0.25, 0.3) is 0 Å². The first kappa shape index (κ1) is 11.8. The van der Waals surface area contributed by atoms with Crippen molar-refractivity contribution in [2.24, 2.45) is 0 Å². The van der Waals surface area contributed by atoms with Crippen molar-refractivity contribution < 1.29 is 8.42 Å². The van der Waals surface area contributed by atoms with E-state index < -0.39 is 9.84 Å². The molecule has 0 aliphatic carbocycles. The fourth-order valence-corrected chi connectivity index (χ4v) is 1.61. The summed E-state index contributed by atoms with van der Waals surface area (Å²) in [6.07, 6.45) is 1.13. The lowest BCUT2D eigenvalue weighted by molar-refractivity contribution is 0.599. The molecule has 0 aliphatic rings. The molecule has 0 amide bonds. The molecule has 0 aromatic carbocycles. The van der Waals surface area contributed by atoms with Gasteiger partial charge in [0.15, 0.2) is 9.84 Å². The molecule has 7 heteroatoms.